The van der Waals surface area contributed by atoms with E-state index in [1.807, 2.05) is 18.3 Å². The number of rotatable bonds is 7. The van der Waals surface area contributed by atoms with Gasteiger partial charge < -0.3 is 15.1 Å². The second kappa shape index (κ2) is 9.17. The number of nitrogens with zero attached hydrogens (tertiary/aromatic N) is 5. The summed E-state index contributed by atoms with van der Waals surface area (Å²) in [5.74, 6) is 2.93. The van der Waals surface area contributed by atoms with Gasteiger partial charge in [0.05, 0.1) is 0 Å². The van der Waals surface area contributed by atoms with Crippen LogP contribution in [-0.4, -0.2) is 47.7 Å². The molecule has 1 aliphatic heterocycles. The van der Waals surface area contributed by atoms with Crippen LogP contribution in [0.3, 0.4) is 0 Å². The maximum absolute atomic E-state index is 4.48. The summed E-state index contributed by atoms with van der Waals surface area (Å²) < 4.78 is 0. The first-order valence-electron chi connectivity index (χ1n) is 9.89. The molecular weight excluding hydrogens is 348 g/mol. The topological polar surface area (TPSA) is 57.2 Å². The van der Waals surface area contributed by atoms with Crippen molar-refractivity contribution in [2.24, 2.45) is 0 Å². The molecule has 0 saturated carbocycles. The average Bonchev–Trinajstić information content (AvgIpc) is 2.78. The fourth-order valence-electron chi connectivity index (χ4n) is 3.48. The number of hydrogen-bond acceptors (Lipinski definition) is 6. The van der Waals surface area contributed by atoms with Crippen LogP contribution >= 0.6 is 0 Å². The van der Waals surface area contributed by atoms with Crippen molar-refractivity contribution in [1.82, 2.24) is 15.0 Å². The van der Waals surface area contributed by atoms with Crippen LogP contribution in [0.25, 0.3) is 0 Å². The number of nitrogens with one attached hydrogen (secondary N) is 1. The van der Waals surface area contributed by atoms with Gasteiger partial charge in [-0.15, -0.1) is 0 Å². The van der Waals surface area contributed by atoms with Crippen LogP contribution in [0.4, 0.5) is 17.5 Å². The minimum atomic E-state index is 0.894. The monoisotopic (exact) mass is 374 g/mol. The highest BCUT2D eigenvalue weighted by Crippen LogP contribution is 2.19. The SMILES string of the molecule is c1ccc(CCCNc2cc(N3CCN(c4ccccn4)CC3)ncn2)cc1. The summed E-state index contributed by atoms with van der Waals surface area (Å²) in [6.07, 6.45) is 5.65. The van der Waals surface area contributed by atoms with Crippen molar-refractivity contribution in [3.05, 3.63) is 72.7 Å². The van der Waals surface area contributed by atoms with E-state index >= 15 is 0 Å². The second-order valence-electron chi connectivity index (χ2n) is 6.94. The van der Waals surface area contributed by atoms with Gasteiger partial charge in [0.25, 0.3) is 0 Å². The summed E-state index contributed by atoms with van der Waals surface area (Å²) in [6, 6.07) is 18.7. The van der Waals surface area contributed by atoms with Gasteiger partial charge in [0, 0.05) is 45.0 Å². The third kappa shape index (κ3) is 4.76. The molecule has 0 atom stereocenters. The van der Waals surface area contributed by atoms with Crippen LogP contribution in [-0.2, 0) is 6.42 Å². The zero-order valence-corrected chi connectivity index (χ0v) is 16.0. The van der Waals surface area contributed by atoms with Gasteiger partial charge >= 0.3 is 0 Å². The van der Waals surface area contributed by atoms with E-state index in [-0.39, 0.29) is 0 Å². The van der Waals surface area contributed by atoms with Gasteiger partial charge in [-0.1, -0.05) is 36.4 Å². The number of piperazine rings is 1. The molecule has 3 heterocycles. The molecule has 0 spiro atoms. The van der Waals surface area contributed by atoms with Crippen LogP contribution in [0.5, 0.6) is 0 Å². The highest BCUT2D eigenvalue weighted by molar-refractivity contribution is 5.50. The van der Waals surface area contributed by atoms with Crippen molar-refractivity contribution in [3.63, 3.8) is 0 Å². The molecule has 0 amide bonds. The Balaban J connectivity index is 1.27. The molecule has 0 radical (unpaired) electrons. The molecule has 1 N–H and O–H groups in total. The molecule has 1 fully saturated rings. The summed E-state index contributed by atoms with van der Waals surface area (Å²) in [6.45, 7) is 4.66. The minimum Gasteiger partial charge on any atom is -0.370 e. The van der Waals surface area contributed by atoms with Crippen molar-refractivity contribution in [2.45, 2.75) is 12.8 Å². The minimum absolute atomic E-state index is 0.894. The van der Waals surface area contributed by atoms with Crippen LogP contribution in [0, 0.1) is 0 Å². The Bertz CT molecular complexity index is 847. The molecule has 1 saturated heterocycles. The summed E-state index contributed by atoms with van der Waals surface area (Å²) >= 11 is 0. The zero-order chi connectivity index (χ0) is 19.0. The molecule has 6 heteroatoms. The zero-order valence-electron chi connectivity index (χ0n) is 16.0. The highest BCUT2D eigenvalue weighted by Gasteiger charge is 2.19. The highest BCUT2D eigenvalue weighted by atomic mass is 15.3. The molecule has 2 aromatic heterocycles. The Morgan fingerprint density at radius 3 is 2.29 bits per heavy atom. The molecule has 3 aromatic rings. The molecule has 1 aliphatic rings. The van der Waals surface area contributed by atoms with Crippen LogP contribution in [0.15, 0.2) is 67.1 Å². The maximum Gasteiger partial charge on any atom is 0.134 e. The summed E-state index contributed by atoms with van der Waals surface area (Å²) in [4.78, 5) is 17.9. The first kappa shape index (κ1) is 18.2. The van der Waals surface area contributed by atoms with Gasteiger partial charge in [-0.25, -0.2) is 15.0 Å². The van der Waals surface area contributed by atoms with E-state index in [0.29, 0.717) is 0 Å². The Hall–Kier alpha value is -3.15. The summed E-state index contributed by atoms with van der Waals surface area (Å²) in [5, 5.41) is 3.43. The predicted octanol–water partition coefficient (Wildman–Crippen LogP) is 3.24. The summed E-state index contributed by atoms with van der Waals surface area (Å²) in [5.41, 5.74) is 1.37. The third-order valence-electron chi connectivity index (χ3n) is 5.02. The van der Waals surface area contributed by atoms with Gasteiger partial charge in [0.2, 0.25) is 0 Å². The Morgan fingerprint density at radius 1 is 0.786 bits per heavy atom. The van der Waals surface area contributed by atoms with Crippen molar-refractivity contribution >= 4 is 17.5 Å². The second-order valence-corrected chi connectivity index (χ2v) is 6.94. The van der Waals surface area contributed by atoms with Crippen LogP contribution in [0.2, 0.25) is 0 Å². The lowest BCUT2D eigenvalue weighted by Crippen LogP contribution is -2.47. The number of aromatic nitrogens is 3. The molecule has 28 heavy (non-hydrogen) atoms. The molecule has 0 unspecified atom stereocenters. The van der Waals surface area contributed by atoms with Gasteiger partial charge in [-0.2, -0.15) is 0 Å². The lowest BCUT2D eigenvalue weighted by Gasteiger charge is -2.36. The third-order valence-corrected chi connectivity index (χ3v) is 5.02. The van der Waals surface area contributed by atoms with Gasteiger partial charge in [-0.05, 0) is 30.5 Å². The number of anilines is 3. The van der Waals surface area contributed by atoms with Crippen molar-refractivity contribution in [1.29, 1.82) is 0 Å². The smallest absolute Gasteiger partial charge is 0.134 e. The molecule has 6 nitrogen and oxygen atoms in total. The average molecular weight is 374 g/mol. The van der Waals surface area contributed by atoms with E-state index < -0.39 is 0 Å². The number of hydrogen-bond donors (Lipinski definition) is 1. The first-order chi connectivity index (χ1) is 13.9. The van der Waals surface area contributed by atoms with E-state index in [9.17, 15) is 0 Å². The Kier molecular flexibility index (Phi) is 5.97. The standard InChI is InChI=1S/C22H26N6/c1-2-7-19(8-3-1)9-6-12-23-20-17-22(26-18-25-20)28-15-13-27(14-16-28)21-10-4-5-11-24-21/h1-5,7-8,10-11,17-18H,6,9,12-16H2,(H,23,25,26). The maximum atomic E-state index is 4.48. The Morgan fingerprint density at radius 2 is 1.54 bits per heavy atom. The van der Waals surface area contributed by atoms with Crippen molar-refractivity contribution in [2.75, 3.05) is 47.8 Å². The fraction of sp³-hybridized carbons (Fsp3) is 0.318. The fourth-order valence-corrected chi connectivity index (χ4v) is 3.48. The Labute approximate surface area is 166 Å². The first-order valence-corrected chi connectivity index (χ1v) is 9.89. The molecular formula is C22H26N6. The lowest BCUT2D eigenvalue weighted by atomic mass is 10.1. The van der Waals surface area contributed by atoms with Gasteiger partial charge in [0.1, 0.15) is 23.8 Å². The number of benzene rings is 1. The van der Waals surface area contributed by atoms with E-state index in [1.165, 1.54) is 5.56 Å². The van der Waals surface area contributed by atoms with E-state index in [0.717, 1.165) is 63.0 Å². The largest absolute Gasteiger partial charge is 0.370 e. The molecule has 1 aromatic carbocycles. The van der Waals surface area contributed by atoms with E-state index in [4.69, 9.17) is 0 Å². The van der Waals surface area contributed by atoms with Crippen LogP contribution in [0.1, 0.15) is 12.0 Å². The molecule has 144 valence electrons. The van der Waals surface area contributed by atoms with E-state index in [2.05, 4.69) is 72.5 Å². The van der Waals surface area contributed by atoms with Crippen LogP contribution < -0.4 is 15.1 Å². The van der Waals surface area contributed by atoms with Gasteiger partial charge in [0.15, 0.2) is 0 Å². The van der Waals surface area contributed by atoms with E-state index in [1.54, 1.807) is 6.33 Å². The molecule has 0 aliphatic carbocycles. The predicted molar refractivity (Wildman–Crippen MR) is 114 cm³/mol. The quantitative estimate of drug-likeness (QED) is 0.641. The van der Waals surface area contributed by atoms with Crippen molar-refractivity contribution in [3.8, 4) is 0 Å². The normalized spacial score (nSPS) is 14.1. The summed E-state index contributed by atoms with van der Waals surface area (Å²) in [7, 11) is 0. The van der Waals surface area contributed by atoms with Gasteiger partial charge in [-0.3, -0.25) is 0 Å². The molecule has 4 rings (SSSR count). The lowest BCUT2D eigenvalue weighted by molar-refractivity contribution is 0.641. The number of pyridine rings is 1. The number of aryl methyl sites for hydroxylation is 1. The molecule has 0 bridgehead atoms. The van der Waals surface area contributed by atoms with Crippen molar-refractivity contribution < 1.29 is 0 Å².